The van der Waals surface area contributed by atoms with Crippen molar-refractivity contribution in [1.29, 1.82) is 0 Å². The van der Waals surface area contributed by atoms with Crippen molar-refractivity contribution < 1.29 is 0 Å². The molecule has 1 aromatic carbocycles. The van der Waals surface area contributed by atoms with Crippen molar-refractivity contribution in [2.24, 2.45) is 0 Å². The summed E-state index contributed by atoms with van der Waals surface area (Å²) >= 11 is 11.0. The average molecular weight is 318 g/mol. The third-order valence-corrected chi connectivity index (χ3v) is 4.88. The van der Waals surface area contributed by atoms with Crippen LogP contribution in [0.25, 0.3) is 10.6 Å². The fourth-order valence-corrected chi connectivity index (χ4v) is 2.65. The van der Waals surface area contributed by atoms with Gasteiger partial charge in [0, 0.05) is 10.6 Å². The number of halogens is 2. The lowest BCUT2D eigenvalue weighted by molar-refractivity contribution is 0.870. The van der Waals surface area contributed by atoms with Crippen LogP contribution in [0.5, 0.6) is 0 Å². The minimum atomic E-state index is 0.297. The van der Waals surface area contributed by atoms with Gasteiger partial charge in [-0.15, -0.1) is 10.2 Å². The van der Waals surface area contributed by atoms with E-state index in [2.05, 4.69) is 33.1 Å². The molecule has 0 bridgehead atoms. The molecule has 0 amide bonds. The molecule has 0 saturated carbocycles. The molecular weight excluding hydrogens is 308 g/mol. The highest BCUT2D eigenvalue weighted by Crippen LogP contribution is 2.32. The first kappa shape index (κ1) is 12.0. The molecule has 1 heterocycles. The molecule has 1 atom stereocenters. The lowest BCUT2D eigenvalue weighted by Crippen LogP contribution is -1.84. The summed E-state index contributed by atoms with van der Waals surface area (Å²) in [5, 5.41) is 11.0. The van der Waals surface area contributed by atoms with Crippen molar-refractivity contribution in [3.8, 4) is 10.6 Å². The third kappa shape index (κ3) is 2.62. The standard InChI is InChI=1S/C11H10BrClN2S/c1-2-9(12)11-15-14-10(16-11)7-3-5-8(13)6-4-7/h3-6,9H,2H2,1H3. The van der Waals surface area contributed by atoms with E-state index in [4.69, 9.17) is 11.6 Å². The molecule has 0 radical (unpaired) electrons. The monoisotopic (exact) mass is 316 g/mol. The summed E-state index contributed by atoms with van der Waals surface area (Å²) in [4.78, 5) is 0.297. The minimum absolute atomic E-state index is 0.297. The zero-order chi connectivity index (χ0) is 11.5. The molecule has 0 aliphatic rings. The van der Waals surface area contributed by atoms with Crippen molar-refractivity contribution >= 4 is 38.9 Å². The molecule has 0 fully saturated rings. The average Bonchev–Trinajstić information content (AvgIpc) is 2.78. The molecule has 0 N–H and O–H groups in total. The summed E-state index contributed by atoms with van der Waals surface area (Å²) in [5.74, 6) is 0. The van der Waals surface area contributed by atoms with Gasteiger partial charge in [-0.05, 0) is 18.6 Å². The zero-order valence-corrected chi connectivity index (χ0v) is 11.8. The molecule has 16 heavy (non-hydrogen) atoms. The molecule has 0 aliphatic carbocycles. The first-order chi connectivity index (χ1) is 7.70. The van der Waals surface area contributed by atoms with Crippen LogP contribution in [0.2, 0.25) is 5.02 Å². The van der Waals surface area contributed by atoms with Gasteiger partial charge in [-0.3, -0.25) is 0 Å². The first-order valence-electron chi connectivity index (χ1n) is 4.94. The van der Waals surface area contributed by atoms with E-state index in [0.29, 0.717) is 4.83 Å². The van der Waals surface area contributed by atoms with E-state index in [9.17, 15) is 0 Å². The Labute approximate surface area is 112 Å². The summed E-state index contributed by atoms with van der Waals surface area (Å²) in [6, 6.07) is 7.65. The highest BCUT2D eigenvalue weighted by molar-refractivity contribution is 9.09. The largest absolute Gasteiger partial charge is 0.147 e. The van der Waals surface area contributed by atoms with E-state index in [1.165, 1.54) is 0 Å². The Morgan fingerprint density at radius 3 is 2.62 bits per heavy atom. The van der Waals surface area contributed by atoms with Gasteiger partial charge in [0.05, 0.1) is 4.83 Å². The molecule has 2 rings (SSSR count). The van der Waals surface area contributed by atoms with E-state index in [0.717, 1.165) is 27.0 Å². The van der Waals surface area contributed by atoms with Gasteiger partial charge in [0.25, 0.3) is 0 Å². The van der Waals surface area contributed by atoms with Crippen LogP contribution >= 0.6 is 38.9 Å². The van der Waals surface area contributed by atoms with Gasteiger partial charge < -0.3 is 0 Å². The Hall–Kier alpha value is -0.450. The fraction of sp³-hybridized carbons (Fsp3) is 0.273. The van der Waals surface area contributed by atoms with Crippen LogP contribution in [0.3, 0.4) is 0 Å². The molecule has 2 nitrogen and oxygen atoms in total. The lowest BCUT2D eigenvalue weighted by atomic mass is 10.2. The van der Waals surface area contributed by atoms with Gasteiger partial charge in [-0.1, -0.05) is 57.9 Å². The number of rotatable bonds is 3. The predicted octanol–water partition coefficient (Wildman–Crippen LogP) is 4.70. The maximum absolute atomic E-state index is 5.84. The van der Waals surface area contributed by atoms with Crippen molar-refractivity contribution in [1.82, 2.24) is 10.2 Å². The second kappa shape index (κ2) is 5.25. The van der Waals surface area contributed by atoms with Gasteiger partial charge in [0.15, 0.2) is 0 Å². The Bertz CT molecular complexity index is 469. The number of alkyl halides is 1. The summed E-state index contributed by atoms with van der Waals surface area (Å²) in [7, 11) is 0. The second-order valence-corrected chi connectivity index (χ2v) is 5.88. The summed E-state index contributed by atoms with van der Waals surface area (Å²) in [6.45, 7) is 2.11. The normalized spacial score (nSPS) is 12.7. The fourth-order valence-electron chi connectivity index (χ4n) is 1.24. The van der Waals surface area contributed by atoms with Crippen LogP contribution in [0.4, 0.5) is 0 Å². The van der Waals surface area contributed by atoms with Crippen molar-refractivity contribution in [3.63, 3.8) is 0 Å². The van der Waals surface area contributed by atoms with Gasteiger partial charge in [-0.25, -0.2) is 0 Å². The Kier molecular flexibility index (Phi) is 3.95. The van der Waals surface area contributed by atoms with Gasteiger partial charge in [-0.2, -0.15) is 0 Å². The number of aromatic nitrogens is 2. The molecule has 84 valence electrons. The molecule has 1 unspecified atom stereocenters. The minimum Gasteiger partial charge on any atom is -0.142 e. The van der Waals surface area contributed by atoms with Gasteiger partial charge in [0.1, 0.15) is 10.0 Å². The zero-order valence-electron chi connectivity index (χ0n) is 8.65. The first-order valence-corrected chi connectivity index (χ1v) is 7.05. The molecule has 5 heteroatoms. The molecule has 0 aliphatic heterocycles. The molecule has 2 aromatic rings. The van der Waals surface area contributed by atoms with Crippen LogP contribution < -0.4 is 0 Å². The number of nitrogens with zero attached hydrogens (tertiary/aromatic N) is 2. The van der Waals surface area contributed by atoms with Crippen LogP contribution in [0.1, 0.15) is 23.2 Å². The van der Waals surface area contributed by atoms with Crippen molar-refractivity contribution in [2.75, 3.05) is 0 Å². The molecule has 1 aromatic heterocycles. The van der Waals surface area contributed by atoms with Crippen LogP contribution in [-0.2, 0) is 0 Å². The van der Waals surface area contributed by atoms with E-state index in [-0.39, 0.29) is 0 Å². The Balaban J connectivity index is 2.28. The van der Waals surface area contributed by atoms with E-state index < -0.39 is 0 Å². The predicted molar refractivity (Wildman–Crippen MR) is 72.3 cm³/mol. The van der Waals surface area contributed by atoms with Crippen LogP contribution in [0.15, 0.2) is 24.3 Å². The SMILES string of the molecule is CCC(Br)c1nnc(-c2ccc(Cl)cc2)s1. The van der Waals surface area contributed by atoms with Crippen molar-refractivity contribution in [2.45, 2.75) is 18.2 Å². The van der Waals surface area contributed by atoms with E-state index in [1.54, 1.807) is 11.3 Å². The highest BCUT2D eigenvalue weighted by Gasteiger charge is 2.12. The molecular formula is C11H10BrClN2S. The highest BCUT2D eigenvalue weighted by atomic mass is 79.9. The lowest BCUT2D eigenvalue weighted by Gasteiger charge is -1.98. The van der Waals surface area contributed by atoms with Crippen molar-refractivity contribution in [3.05, 3.63) is 34.3 Å². The third-order valence-electron chi connectivity index (χ3n) is 2.16. The maximum atomic E-state index is 5.84. The van der Waals surface area contributed by atoms with Gasteiger partial charge in [0.2, 0.25) is 0 Å². The summed E-state index contributed by atoms with van der Waals surface area (Å²) in [5.41, 5.74) is 1.06. The quantitative estimate of drug-likeness (QED) is 0.767. The molecule has 0 saturated heterocycles. The topological polar surface area (TPSA) is 25.8 Å². The molecule has 0 spiro atoms. The summed E-state index contributed by atoms with van der Waals surface area (Å²) in [6.07, 6.45) is 1.01. The Morgan fingerprint density at radius 1 is 1.31 bits per heavy atom. The summed E-state index contributed by atoms with van der Waals surface area (Å²) < 4.78 is 0. The number of benzene rings is 1. The van der Waals surface area contributed by atoms with Crippen LogP contribution in [-0.4, -0.2) is 10.2 Å². The van der Waals surface area contributed by atoms with Gasteiger partial charge >= 0.3 is 0 Å². The van der Waals surface area contributed by atoms with E-state index in [1.807, 2.05) is 24.3 Å². The number of hydrogen-bond acceptors (Lipinski definition) is 3. The number of hydrogen-bond donors (Lipinski definition) is 0. The smallest absolute Gasteiger partial charge is 0.142 e. The van der Waals surface area contributed by atoms with Crippen LogP contribution in [0, 0.1) is 0 Å². The Morgan fingerprint density at radius 2 is 2.00 bits per heavy atom. The second-order valence-electron chi connectivity index (χ2n) is 3.33. The van der Waals surface area contributed by atoms with E-state index >= 15 is 0 Å². The maximum Gasteiger partial charge on any atom is 0.147 e.